The van der Waals surface area contributed by atoms with E-state index in [1.807, 2.05) is 13.1 Å². The number of nitriles is 1. The summed E-state index contributed by atoms with van der Waals surface area (Å²) < 4.78 is 15.4. The predicted molar refractivity (Wildman–Crippen MR) is 194 cm³/mol. The van der Waals surface area contributed by atoms with Crippen molar-refractivity contribution in [1.29, 1.82) is 5.26 Å². The molecule has 1 aromatic heterocycles. The Morgan fingerprint density at radius 2 is 1.72 bits per heavy atom. The zero-order valence-corrected chi connectivity index (χ0v) is 30.1. The van der Waals surface area contributed by atoms with Crippen molar-refractivity contribution in [2.75, 3.05) is 25.0 Å². The lowest BCUT2D eigenvalue weighted by atomic mass is 9.70. The highest BCUT2D eigenvalue weighted by atomic mass is 19.1. The lowest BCUT2D eigenvalue weighted by Gasteiger charge is -2.40. The molecule has 12 heteroatoms. The first kappa shape index (κ1) is 34.4. The number of carbonyl (C=O) groups excluding carboxylic acids is 5. The van der Waals surface area contributed by atoms with Crippen LogP contribution in [0.2, 0.25) is 0 Å². The number of aromatic amines is 1. The Hall–Kier alpha value is -5.67. The third-order valence-corrected chi connectivity index (χ3v) is 11.7. The molecular formula is C41H39FN6O5. The number of anilines is 1. The molecule has 0 radical (unpaired) electrons. The van der Waals surface area contributed by atoms with Gasteiger partial charge in [-0.2, -0.15) is 5.26 Å². The van der Waals surface area contributed by atoms with Crippen LogP contribution in [0.25, 0.3) is 10.9 Å². The van der Waals surface area contributed by atoms with Gasteiger partial charge in [0.25, 0.3) is 11.8 Å². The summed E-state index contributed by atoms with van der Waals surface area (Å²) in [5, 5.41) is 12.4. The number of piperidine rings is 2. The molecule has 4 aromatic rings. The van der Waals surface area contributed by atoms with Gasteiger partial charge in [-0.05, 0) is 85.8 Å². The summed E-state index contributed by atoms with van der Waals surface area (Å²) >= 11 is 0. The van der Waals surface area contributed by atoms with E-state index in [4.69, 9.17) is 0 Å². The normalized spacial score (nSPS) is 19.8. The molecule has 4 aliphatic rings. The van der Waals surface area contributed by atoms with Crippen molar-refractivity contribution in [3.8, 4) is 6.07 Å². The first-order valence-corrected chi connectivity index (χ1v) is 18.1. The van der Waals surface area contributed by atoms with Crippen LogP contribution in [0.4, 0.5) is 10.1 Å². The molecule has 8 rings (SSSR count). The van der Waals surface area contributed by atoms with Gasteiger partial charge in [-0.1, -0.05) is 26.8 Å². The zero-order chi connectivity index (χ0) is 37.5. The SMILES string of the molecule is CCc1cc2c(cc1N1CCC(N(C)Cc3cc(F)c4c(c3)C(=O)N(C3CCC(=O)NC3=O)C4=O)CC1)C(C)(C)c1[nH]c3cc(C#N)ccc3c1C2=O. The molecule has 3 aliphatic heterocycles. The largest absolute Gasteiger partial charge is 0.371 e. The van der Waals surface area contributed by atoms with E-state index in [1.165, 1.54) is 6.07 Å². The number of fused-ring (bicyclic) bond motifs is 5. The van der Waals surface area contributed by atoms with Crippen LogP contribution >= 0.6 is 0 Å². The number of hydrogen-bond donors (Lipinski definition) is 2. The van der Waals surface area contributed by atoms with Crippen molar-refractivity contribution >= 4 is 46.0 Å². The van der Waals surface area contributed by atoms with Gasteiger partial charge in [0.2, 0.25) is 11.8 Å². The van der Waals surface area contributed by atoms with E-state index in [9.17, 15) is 29.2 Å². The van der Waals surface area contributed by atoms with Crippen molar-refractivity contribution in [2.24, 2.45) is 0 Å². The van der Waals surface area contributed by atoms with E-state index >= 15 is 4.39 Å². The lowest BCUT2D eigenvalue weighted by molar-refractivity contribution is -0.136. The summed E-state index contributed by atoms with van der Waals surface area (Å²) in [5.41, 5.74) is 6.40. The molecule has 53 heavy (non-hydrogen) atoms. The number of halogens is 1. The highest BCUT2D eigenvalue weighted by molar-refractivity contribution is 6.24. The highest BCUT2D eigenvalue weighted by Crippen LogP contribution is 2.46. The molecule has 3 aromatic carbocycles. The number of amides is 4. The van der Waals surface area contributed by atoms with Crippen LogP contribution in [0.1, 0.15) is 111 Å². The molecule has 1 atom stereocenters. The van der Waals surface area contributed by atoms with E-state index in [-0.39, 0.29) is 35.8 Å². The molecule has 4 heterocycles. The van der Waals surface area contributed by atoms with Gasteiger partial charge in [0.1, 0.15) is 11.9 Å². The van der Waals surface area contributed by atoms with Crippen molar-refractivity contribution < 1.29 is 28.4 Å². The van der Waals surface area contributed by atoms with Crippen LogP contribution in [0.5, 0.6) is 0 Å². The van der Waals surface area contributed by atoms with Gasteiger partial charge in [-0.25, -0.2) is 4.39 Å². The third-order valence-electron chi connectivity index (χ3n) is 11.7. The molecular weight excluding hydrogens is 675 g/mol. The van der Waals surface area contributed by atoms with E-state index in [1.54, 1.807) is 18.2 Å². The average molecular weight is 715 g/mol. The van der Waals surface area contributed by atoms with Crippen molar-refractivity contribution in [3.05, 3.63) is 98.5 Å². The average Bonchev–Trinajstić information content (AvgIpc) is 3.65. The van der Waals surface area contributed by atoms with Crippen LogP contribution in [0.15, 0.2) is 42.5 Å². The zero-order valence-electron chi connectivity index (χ0n) is 30.1. The Bertz CT molecular complexity index is 2350. The first-order valence-electron chi connectivity index (χ1n) is 18.1. The number of benzene rings is 3. The van der Waals surface area contributed by atoms with Gasteiger partial charge < -0.3 is 9.88 Å². The Balaban J connectivity index is 0.991. The summed E-state index contributed by atoms with van der Waals surface area (Å²) in [5.74, 6) is -3.61. The number of aromatic nitrogens is 1. The molecule has 2 saturated heterocycles. The second-order valence-corrected chi connectivity index (χ2v) is 15.2. The molecule has 0 saturated carbocycles. The van der Waals surface area contributed by atoms with Gasteiger partial charge in [-0.3, -0.25) is 39.1 Å². The maximum Gasteiger partial charge on any atom is 0.265 e. The molecule has 2 fully saturated rings. The van der Waals surface area contributed by atoms with Crippen LogP contribution in [-0.4, -0.2) is 76.4 Å². The molecule has 0 bridgehead atoms. The maximum atomic E-state index is 15.4. The summed E-state index contributed by atoms with van der Waals surface area (Å²) in [6, 6.07) is 13.7. The monoisotopic (exact) mass is 714 g/mol. The van der Waals surface area contributed by atoms with Crippen molar-refractivity contribution in [1.82, 2.24) is 20.1 Å². The fraction of sp³-hybridized carbons (Fsp3) is 0.366. The first-order chi connectivity index (χ1) is 25.3. The van der Waals surface area contributed by atoms with E-state index in [0.717, 1.165) is 70.7 Å². The quantitative estimate of drug-likeness (QED) is 0.262. The summed E-state index contributed by atoms with van der Waals surface area (Å²) in [6.45, 7) is 8.26. The number of hydrogen-bond acceptors (Lipinski definition) is 8. The number of aryl methyl sites for hydroxylation is 1. The molecule has 270 valence electrons. The fourth-order valence-electron chi connectivity index (χ4n) is 8.82. The molecule has 0 spiro atoms. The molecule has 2 N–H and O–H groups in total. The number of imide groups is 2. The molecule has 1 unspecified atom stereocenters. The number of rotatable bonds is 6. The second-order valence-electron chi connectivity index (χ2n) is 15.2. The van der Waals surface area contributed by atoms with Gasteiger partial charge in [0.15, 0.2) is 5.78 Å². The van der Waals surface area contributed by atoms with Crippen LogP contribution in [0, 0.1) is 17.1 Å². The lowest BCUT2D eigenvalue weighted by Crippen LogP contribution is -2.54. The minimum absolute atomic E-state index is 0.00304. The third kappa shape index (κ3) is 5.36. The van der Waals surface area contributed by atoms with Crippen molar-refractivity contribution in [3.63, 3.8) is 0 Å². The topological polar surface area (TPSA) is 147 Å². The number of ketones is 1. The Morgan fingerprint density at radius 1 is 0.962 bits per heavy atom. The minimum Gasteiger partial charge on any atom is -0.371 e. The summed E-state index contributed by atoms with van der Waals surface area (Å²) in [6.07, 6.45) is 2.42. The smallest absolute Gasteiger partial charge is 0.265 e. The van der Waals surface area contributed by atoms with E-state index < -0.39 is 40.9 Å². The number of carbonyl (C=O) groups is 5. The molecule has 4 amide bonds. The standard InChI is InChI=1S/C41H39FN6O5/c1-5-23-17-26-28(41(2,3)37-35(36(26)50)25-7-6-21(19-43)16-30(25)44-37)18-32(23)47-12-10-24(11-13-47)46(4)20-22-14-27-34(29(42)15-22)40(53)48(39(27)52)31-8-9-33(49)45-38(31)51/h6-7,14-18,24,31,44H,5,8-13,20H2,1-4H3,(H,45,49,51). The summed E-state index contributed by atoms with van der Waals surface area (Å²) in [7, 11) is 1.97. The Morgan fingerprint density at radius 3 is 2.42 bits per heavy atom. The Kier molecular flexibility index (Phi) is 8.11. The van der Waals surface area contributed by atoms with E-state index in [0.29, 0.717) is 28.8 Å². The van der Waals surface area contributed by atoms with Gasteiger partial charge in [-0.15, -0.1) is 0 Å². The summed E-state index contributed by atoms with van der Waals surface area (Å²) in [4.78, 5) is 73.4. The minimum atomic E-state index is -1.16. The number of nitrogens with zero attached hydrogens (tertiary/aromatic N) is 4. The second kappa shape index (κ2) is 12.5. The van der Waals surface area contributed by atoms with Crippen molar-refractivity contribution in [2.45, 2.75) is 76.9 Å². The Labute approximate surface area is 305 Å². The molecule has 1 aliphatic carbocycles. The van der Waals surface area contributed by atoms with Crippen LogP contribution in [0.3, 0.4) is 0 Å². The fourth-order valence-corrected chi connectivity index (χ4v) is 8.82. The predicted octanol–water partition coefficient (Wildman–Crippen LogP) is 5.11. The van der Waals surface area contributed by atoms with Gasteiger partial charge in [0.05, 0.1) is 28.3 Å². The van der Waals surface area contributed by atoms with Gasteiger partial charge in [0, 0.05) is 65.4 Å². The number of H-pyrrole nitrogens is 1. The van der Waals surface area contributed by atoms with Crippen LogP contribution < -0.4 is 10.2 Å². The van der Waals surface area contributed by atoms with Gasteiger partial charge >= 0.3 is 0 Å². The molecule has 11 nitrogen and oxygen atoms in total. The number of nitrogens with one attached hydrogen (secondary N) is 2. The van der Waals surface area contributed by atoms with Crippen LogP contribution in [-0.2, 0) is 28.0 Å². The van der Waals surface area contributed by atoms with E-state index in [2.05, 4.69) is 59.1 Å². The highest BCUT2D eigenvalue weighted by Gasteiger charge is 2.46. The maximum absolute atomic E-state index is 15.4.